The maximum absolute atomic E-state index is 9.60. The number of hydrogen-bond acceptors (Lipinski definition) is 4. The van der Waals surface area contributed by atoms with Crippen molar-refractivity contribution in [3.05, 3.63) is 24.3 Å². The number of nitrogens with zero attached hydrogens (tertiary/aromatic N) is 1. The highest BCUT2D eigenvalue weighted by atomic mass is 16.3. The summed E-state index contributed by atoms with van der Waals surface area (Å²) in [6.07, 6.45) is 5.55. The van der Waals surface area contributed by atoms with Crippen LogP contribution in [0.5, 0.6) is 0 Å². The first-order chi connectivity index (χ1) is 10.2. The van der Waals surface area contributed by atoms with E-state index in [9.17, 15) is 5.11 Å². The molecule has 116 valence electrons. The van der Waals surface area contributed by atoms with Gasteiger partial charge in [-0.25, -0.2) is 0 Å². The Morgan fingerprint density at radius 2 is 1.81 bits per heavy atom. The molecule has 1 aromatic carbocycles. The van der Waals surface area contributed by atoms with Crippen molar-refractivity contribution in [1.29, 1.82) is 0 Å². The van der Waals surface area contributed by atoms with Crippen LogP contribution in [0.15, 0.2) is 24.3 Å². The molecular weight excluding hydrogens is 262 g/mol. The summed E-state index contributed by atoms with van der Waals surface area (Å²) in [5.41, 5.74) is 8.34. The average Bonchev–Trinajstić information content (AvgIpc) is 2.94. The van der Waals surface area contributed by atoms with Gasteiger partial charge in [0.25, 0.3) is 0 Å². The zero-order valence-corrected chi connectivity index (χ0v) is 12.7. The third-order valence-corrected chi connectivity index (χ3v) is 4.88. The lowest BCUT2D eigenvalue weighted by Gasteiger charge is -2.26. The van der Waals surface area contributed by atoms with E-state index in [0.29, 0.717) is 6.04 Å². The van der Waals surface area contributed by atoms with Gasteiger partial charge in [0.15, 0.2) is 0 Å². The molecule has 3 rings (SSSR count). The van der Waals surface area contributed by atoms with Crippen molar-refractivity contribution in [2.45, 2.75) is 44.2 Å². The molecule has 1 saturated heterocycles. The van der Waals surface area contributed by atoms with Gasteiger partial charge in [-0.1, -0.05) is 0 Å². The maximum atomic E-state index is 9.60. The molecule has 1 atom stereocenters. The van der Waals surface area contributed by atoms with Crippen molar-refractivity contribution >= 4 is 11.4 Å². The fourth-order valence-electron chi connectivity index (χ4n) is 3.42. The highest BCUT2D eigenvalue weighted by Gasteiger charge is 2.20. The summed E-state index contributed by atoms with van der Waals surface area (Å²) in [7, 11) is 0. The van der Waals surface area contributed by atoms with Crippen LogP contribution < -0.4 is 16.0 Å². The topological polar surface area (TPSA) is 61.5 Å². The van der Waals surface area contributed by atoms with Crippen LogP contribution >= 0.6 is 0 Å². The Balaban J connectivity index is 1.48. The van der Waals surface area contributed by atoms with E-state index in [2.05, 4.69) is 34.5 Å². The van der Waals surface area contributed by atoms with E-state index in [0.717, 1.165) is 32.0 Å². The molecule has 2 aliphatic rings. The van der Waals surface area contributed by atoms with Gasteiger partial charge in [-0.2, -0.15) is 0 Å². The molecule has 4 nitrogen and oxygen atoms in total. The maximum Gasteiger partial charge on any atom is 0.0731 e. The minimum absolute atomic E-state index is 0.166. The zero-order chi connectivity index (χ0) is 14.7. The standard InChI is InChI=1S/C17H27N3O/c18-14-3-1-13(2-4-14)11-19-15-5-7-16(8-6-15)20-10-9-17(21)12-20/h5-8,13-14,17,19,21H,1-4,9-12,18H2/t13-,14-,17?. The molecule has 1 saturated carbocycles. The molecule has 0 spiro atoms. The Kier molecular flexibility index (Phi) is 4.66. The van der Waals surface area contributed by atoms with Gasteiger partial charge < -0.3 is 21.1 Å². The van der Waals surface area contributed by atoms with Gasteiger partial charge in [0.05, 0.1) is 6.10 Å². The highest BCUT2D eigenvalue weighted by Crippen LogP contribution is 2.25. The van der Waals surface area contributed by atoms with E-state index < -0.39 is 0 Å². The second-order valence-electron chi connectivity index (χ2n) is 6.60. The molecule has 1 aliphatic carbocycles. The van der Waals surface area contributed by atoms with Crippen LogP contribution in [0.25, 0.3) is 0 Å². The zero-order valence-electron chi connectivity index (χ0n) is 12.7. The SMILES string of the molecule is N[C@H]1CC[C@H](CNc2ccc(N3CCC(O)C3)cc2)CC1. The van der Waals surface area contributed by atoms with E-state index in [4.69, 9.17) is 5.73 Å². The minimum Gasteiger partial charge on any atom is -0.391 e. The van der Waals surface area contributed by atoms with Gasteiger partial charge in [0.2, 0.25) is 0 Å². The summed E-state index contributed by atoms with van der Waals surface area (Å²) < 4.78 is 0. The molecule has 1 aliphatic heterocycles. The quantitative estimate of drug-likeness (QED) is 0.795. The van der Waals surface area contributed by atoms with Gasteiger partial charge in [0, 0.05) is 37.1 Å². The molecule has 0 aromatic heterocycles. The van der Waals surface area contributed by atoms with Gasteiger partial charge >= 0.3 is 0 Å². The first kappa shape index (κ1) is 14.7. The van der Waals surface area contributed by atoms with Crippen LogP contribution in [0, 0.1) is 5.92 Å². The number of aliphatic hydroxyl groups is 1. The fourth-order valence-corrected chi connectivity index (χ4v) is 3.42. The predicted octanol–water partition coefficient (Wildman–Crippen LogP) is 2.19. The van der Waals surface area contributed by atoms with Crippen molar-refractivity contribution in [2.75, 3.05) is 29.9 Å². The van der Waals surface area contributed by atoms with Crippen molar-refractivity contribution in [3.8, 4) is 0 Å². The smallest absolute Gasteiger partial charge is 0.0731 e. The van der Waals surface area contributed by atoms with E-state index in [-0.39, 0.29) is 6.10 Å². The summed E-state index contributed by atoms with van der Waals surface area (Å²) in [6, 6.07) is 9.02. The summed E-state index contributed by atoms with van der Waals surface area (Å²) in [5.74, 6) is 0.762. The molecule has 0 bridgehead atoms. The molecule has 0 amide bonds. The minimum atomic E-state index is -0.166. The van der Waals surface area contributed by atoms with Crippen molar-refractivity contribution < 1.29 is 5.11 Å². The van der Waals surface area contributed by atoms with E-state index in [1.807, 2.05) is 0 Å². The van der Waals surface area contributed by atoms with E-state index >= 15 is 0 Å². The number of β-amino-alcohol motifs (C(OH)–C–C–N with tert-alkyl or cyclic N) is 1. The Hall–Kier alpha value is -1.26. The van der Waals surface area contributed by atoms with Crippen LogP contribution in [0.4, 0.5) is 11.4 Å². The van der Waals surface area contributed by atoms with Gasteiger partial charge in [0.1, 0.15) is 0 Å². The molecule has 1 heterocycles. The second kappa shape index (κ2) is 6.67. The number of hydrogen-bond donors (Lipinski definition) is 3. The van der Waals surface area contributed by atoms with Crippen molar-refractivity contribution in [2.24, 2.45) is 11.7 Å². The average molecular weight is 289 g/mol. The second-order valence-corrected chi connectivity index (χ2v) is 6.60. The molecule has 0 radical (unpaired) electrons. The summed E-state index contributed by atoms with van der Waals surface area (Å²) in [6.45, 7) is 2.76. The van der Waals surface area contributed by atoms with Crippen LogP contribution in [-0.4, -0.2) is 36.9 Å². The third kappa shape index (κ3) is 3.89. The van der Waals surface area contributed by atoms with Crippen LogP contribution in [0.3, 0.4) is 0 Å². The predicted molar refractivity (Wildman–Crippen MR) is 87.7 cm³/mol. The molecular formula is C17H27N3O. The monoisotopic (exact) mass is 289 g/mol. The Morgan fingerprint density at radius 3 is 2.43 bits per heavy atom. The molecule has 21 heavy (non-hydrogen) atoms. The first-order valence-corrected chi connectivity index (χ1v) is 8.23. The molecule has 2 fully saturated rings. The third-order valence-electron chi connectivity index (χ3n) is 4.88. The fraction of sp³-hybridized carbons (Fsp3) is 0.647. The lowest BCUT2D eigenvalue weighted by molar-refractivity contribution is 0.198. The Labute approximate surface area is 127 Å². The first-order valence-electron chi connectivity index (χ1n) is 8.23. The molecule has 1 aromatic rings. The van der Waals surface area contributed by atoms with Gasteiger partial charge in [-0.05, 0) is 62.3 Å². The van der Waals surface area contributed by atoms with Crippen LogP contribution in [0.2, 0.25) is 0 Å². The normalized spacial score (nSPS) is 29.6. The van der Waals surface area contributed by atoms with Crippen molar-refractivity contribution in [3.63, 3.8) is 0 Å². The summed E-state index contributed by atoms with van der Waals surface area (Å²) in [5, 5.41) is 13.1. The van der Waals surface area contributed by atoms with Crippen LogP contribution in [0.1, 0.15) is 32.1 Å². The van der Waals surface area contributed by atoms with E-state index in [1.165, 1.54) is 37.1 Å². The molecule has 4 heteroatoms. The largest absolute Gasteiger partial charge is 0.391 e. The highest BCUT2D eigenvalue weighted by molar-refractivity contribution is 5.55. The molecule has 1 unspecified atom stereocenters. The Morgan fingerprint density at radius 1 is 1.10 bits per heavy atom. The van der Waals surface area contributed by atoms with E-state index in [1.54, 1.807) is 0 Å². The number of anilines is 2. The summed E-state index contributed by atoms with van der Waals surface area (Å²) >= 11 is 0. The number of benzene rings is 1. The Bertz CT molecular complexity index is 440. The lowest BCUT2D eigenvalue weighted by atomic mass is 9.86. The van der Waals surface area contributed by atoms with Crippen molar-refractivity contribution in [1.82, 2.24) is 0 Å². The lowest BCUT2D eigenvalue weighted by Crippen LogP contribution is -2.29. The number of nitrogens with two attached hydrogens (primary N) is 1. The number of rotatable bonds is 4. The van der Waals surface area contributed by atoms with Crippen LogP contribution in [-0.2, 0) is 0 Å². The molecule has 4 N–H and O–H groups in total. The number of nitrogens with one attached hydrogen (secondary N) is 1. The number of aliphatic hydroxyl groups excluding tert-OH is 1. The van der Waals surface area contributed by atoms with Gasteiger partial charge in [-0.3, -0.25) is 0 Å². The summed E-state index contributed by atoms with van der Waals surface area (Å²) in [4.78, 5) is 2.25. The van der Waals surface area contributed by atoms with Gasteiger partial charge in [-0.15, -0.1) is 0 Å².